The van der Waals surface area contributed by atoms with Crippen molar-refractivity contribution < 1.29 is 13.2 Å². The molecule has 0 amide bonds. The molecular formula is C13H18ClF3N2. The first-order chi connectivity index (χ1) is 8.57. The zero-order valence-electron chi connectivity index (χ0n) is 10.5. The topological polar surface area (TPSA) is 24.1 Å². The largest absolute Gasteiger partial charge is 0.418 e. The van der Waals surface area contributed by atoms with E-state index in [0.717, 1.165) is 32.0 Å². The third-order valence-electron chi connectivity index (χ3n) is 3.27. The van der Waals surface area contributed by atoms with Crippen LogP contribution in [0.3, 0.4) is 0 Å². The van der Waals surface area contributed by atoms with E-state index in [4.69, 9.17) is 0 Å². The van der Waals surface area contributed by atoms with Crippen LogP contribution in [0.2, 0.25) is 0 Å². The van der Waals surface area contributed by atoms with E-state index in [1.54, 1.807) is 6.07 Å². The molecule has 0 aliphatic carbocycles. The lowest BCUT2D eigenvalue weighted by atomic mass is 9.98. The van der Waals surface area contributed by atoms with Gasteiger partial charge in [-0.2, -0.15) is 13.2 Å². The smallest absolute Gasteiger partial charge is 0.384 e. The molecule has 1 heterocycles. The van der Waals surface area contributed by atoms with Gasteiger partial charge < -0.3 is 10.6 Å². The molecule has 1 aliphatic rings. The van der Waals surface area contributed by atoms with Gasteiger partial charge in [0.05, 0.1) is 5.56 Å². The van der Waals surface area contributed by atoms with Crippen LogP contribution in [0.1, 0.15) is 18.4 Å². The van der Waals surface area contributed by atoms with Gasteiger partial charge >= 0.3 is 6.18 Å². The molecule has 0 unspecified atom stereocenters. The minimum absolute atomic E-state index is 0. The van der Waals surface area contributed by atoms with Crippen molar-refractivity contribution in [1.29, 1.82) is 0 Å². The minimum atomic E-state index is -4.29. The Morgan fingerprint density at radius 3 is 2.42 bits per heavy atom. The molecule has 6 heteroatoms. The number of rotatable bonds is 3. The SMILES string of the molecule is Cl.FC(F)(F)c1ccccc1NCC1CCNCC1. The Morgan fingerprint density at radius 1 is 1.16 bits per heavy atom. The molecule has 0 saturated carbocycles. The first-order valence-corrected chi connectivity index (χ1v) is 6.18. The molecule has 0 spiro atoms. The molecule has 0 aromatic heterocycles. The molecule has 1 aliphatic heterocycles. The Bertz CT molecular complexity index is 390. The molecule has 1 aromatic rings. The first kappa shape index (κ1) is 16.1. The summed E-state index contributed by atoms with van der Waals surface area (Å²) >= 11 is 0. The fourth-order valence-corrected chi connectivity index (χ4v) is 2.22. The van der Waals surface area contributed by atoms with E-state index in [2.05, 4.69) is 10.6 Å². The van der Waals surface area contributed by atoms with Crippen molar-refractivity contribution in [3.05, 3.63) is 29.8 Å². The number of alkyl halides is 3. The van der Waals surface area contributed by atoms with Crippen LogP contribution in [-0.4, -0.2) is 19.6 Å². The molecule has 1 aromatic carbocycles. The quantitative estimate of drug-likeness (QED) is 0.891. The molecule has 1 saturated heterocycles. The normalized spacial score (nSPS) is 16.8. The van der Waals surface area contributed by atoms with Crippen LogP contribution < -0.4 is 10.6 Å². The fourth-order valence-electron chi connectivity index (χ4n) is 2.22. The van der Waals surface area contributed by atoms with Gasteiger partial charge in [-0.1, -0.05) is 12.1 Å². The van der Waals surface area contributed by atoms with E-state index in [1.165, 1.54) is 12.1 Å². The van der Waals surface area contributed by atoms with Crippen molar-refractivity contribution in [2.45, 2.75) is 19.0 Å². The minimum Gasteiger partial charge on any atom is -0.384 e. The molecule has 2 nitrogen and oxygen atoms in total. The maximum atomic E-state index is 12.8. The van der Waals surface area contributed by atoms with Crippen molar-refractivity contribution in [3.8, 4) is 0 Å². The molecule has 2 N–H and O–H groups in total. The summed E-state index contributed by atoms with van der Waals surface area (Å²) in [5, 5.41) is 6.18. The monoisotopic (exact) mass is 294 g/mol. The van der Waals surface area contributed by atoms with Gasteiger partial charge in [0.15, 0.2) is 0 Å². The maximum absolute atomic E-state index is 12.8. The van der Waals surface area contributed by atoms with E-state index < -0.39 is 11.7 Å². The summed E-state index contributed by atoms with van der Waals surface area (Å²) in [7, 11) is 0. The van der Waals surface area contributed by atoms with E-state index in [1.807, 2.05) is 0 Å². The Labute approximate surface area is 117 Å². The Kier molecular flexibility index (Phi) is 5.94. The highest BCUT2D eigenvalue weighted by atomic mass is 35.5. The zero-order chi connectivity index (χ0) is 13.0. The third kappa shape index (κ3) is 4.58. The number of hydrogen-bond donors (Lipinski definition) is 2. The molecular weight excluding hydrogens is 277 g/mol. The van der Waals surface area contributed by atoms with E-state index in [-0.39, 0.29) is 18.1 Å². The van der Waals surface area contributed by atoms with Gasteiger partial charge in [0.25, 0.3) is 0 Å². The average molecular weight is 295 g/mol. The lowest BCUT2D eigenvalue weighted by Gasteiger charge is -2.24. The van der Waals surface area contributed by atoms with Gasteiger partial charge in [-0.15, -0.1) is 12.4 Å². The van der Waals surface area contributed by atoms with Crippen molar-refractivity contribution in [2.75, 3.05) is 25.0 Å². The molecule has 2 rings (SSSR count). The van der Waals surface area contributed by atoms with Crippen molar-refractivity contribution in [2.24, 2.45) is 5.92 Å². The number of anilines is 1. The van der Waals surface area contributed by atoms with Crippen LogP contribution in [0.4, 0.5) is 18.9 Å². The summed E-state index contributed by atoms with van der Waals surface area (Å²) < 4.78 is 38.3. The van der Waals surface area contributed by atoms with Crippen LogP contribution in [0.25, 0.3) is 0 Å². The fraction of sp³-hybridized carbons (Fsp3) is 0.538. The lowest BCUT2D eigenvalue weighted by Crippen LogP contribution is -2.31. The van der Waals surface area contributed by atoms with Gasteiger partial charge in [-0.05, 0) is 44.0 Å². The number of benzene rings is 1. The predicted molar refractivity (Wildman–Crippen MR) is 72.8 cm³/mol. The summed E-state index contributed by atoms with van der Waals surface area (Å²) in [4.78, 5) is 0. The van der Waals surface area contributed by atoms with Crippen LogP contribution in [0.15, 0.2) is 24.3 Å². The summed E-state index contributed by atoms with van der Waals surface area (Å²) in [5.74, 6) is 0.451. The van der Waals surface area contributed by atoms with Crippen LogP contribution in [-0.2, 0) is 6.18 Å². The Hall–Kier alpha value is -0.940. The van der Waals surface area contributed by atoms with Crippen molar-refractivity contribution in [3.63, 3.8) is 0 Å². The zero-order valence-corrected chi connectivity index (χ0v) is 11.3. The number of piperidine rings is 1. The summed E-state index contributed by atoms with van der Waals surface area (Å²) in [5.41, 5.74) is -0.400. The number of hydrogen-bond acceptors (Lipinski definition) is 2. The van der Waals surface area contributed by atoms with Crippen LogP contribution >= 0.6 is 12.4 Å². The second kappa shape index (κ2) is 7.01. The Morgan fingerprint density at radius 2 is 1.79 bits per heavy atom. The second-order valence-electron chi connectivity index (χ2n) is 4.62. The van der Waals surface area contributed by atoms with Gasteiger partial charge in [0.2, 0.25) is 0 Å². The standard InChI is InChI=1S/C13H17F3N2.ClH/c14-13(15,16)11-3-1-2-4-12(11)18-9-10-5-7-17-8-6-10;/h1-4,10,17-18H,5-9H2;1H. The molecule has 0 atom stereocenters. The first-order valence-electron chi connectivity index (χ1n) is 6.18. The van der Waals surface area contributed by atoms with Crippen LogP contribution in [0, 0.1) is 5.92 Å². The second-order valence-corrected chi connectivity index (χ2v) is 4.62. The molecule has 0 radical (unpaired) electrons. The summed E-state index contributed by atoms with van der Waals surface area (Å²) in [6.07, 6.45) is -2.26. The molecule has 19 heavy (non-hydrogen) atoms. The van der Waals surface area contributed by atoms with Gasteiger partial charge in [-0.3, -0.25) is 0 Å². The number of para-hydroxylation sites is 1. The Balaban J connectivity index is 0.00000180. The molecule has 108 valence electrons. The summed E-state index contributed by atoms with van der Waals surface area (Å²) in [6, 6.07) is 5.65. The molecule has 1 fully saturated rings. The highest BCUT2D eigenvalue weighted by molar-refractivity contribution is 5.85. The number of halogens is 4. The average Bonchev–Trinajstić information content (AvgIpc) is 2.37. The lowest BCUT2D eigenvalue weighted by molar-refractivity contribution is -0.136. The molecule has 0 bridgehead atoms. The number of nitrogens with one attached hydrogen (secondary N) is 2. The predicted octanol–water partition coefficient (Wildman–Crippen LogP) is 3.54. The van der Waals surface area contributed by atoms with E-state index >= 15 is 0 Å². The van der Waals surface area contributed by atoms with Crippen molar-refractivity contribution in [1.82, 2.24) is 5.32 Å². The highest BCUT2D eigenvalue weighted by Gasteiger charge is 2.33. The highest BCUT2D eigenvalue weighted by Crippen LogP contribution is 2.34. The van der Waals surface area contributed by atoms with Crippen LogP contribution in [0.5, 0.6) is 0 Å². The van der Waals surface area contributed by atoms with Gasteiger partial charge in [0.1, 0.15) is 0 Å². The third-order valence-corrected chi connectivity index (χ3v) is 3.27. The maximum Gasteiger partial charge on any atom is 0.418 e. The summed E-state index contributed by atoms with van der Waals surface area (Å²) in [6.45, 7) is 2.51. The van der Waals surface area contributed by atoms with E-state index in [9.17, 15) is 13.2 Å². The van der Waals surface area contributed by atoms with Gasteiger partial charge in [0, 0.05) is 12.2 Å². The van der Waals surface area contributed by atoms with Crippen molar-refractivity contribution >= 4 is 18.1 Å². The van der Waals surface area contributed by atoms with E-state index in [0.29, 0.717) is 12.5 Å². The van der Waals surface area contributed by atoms with Gasteiger partial charge in [-0.25, -0.2) is 0 Å².